The number of hydrogen-bond donors (Lipinski definition) is 2. The number of H-pyrrole nitrogens is 1. The first-order chi connectivity index (χ1) is 16.2. The lowest BCUT2D eigenvalue weighted by molar-refractivity contribution is 0.311. The van der Waals surface area contributed by atoms with E-state index in [2.05, 4.69) is 37.3 Å². The molecule has 166 valence electrons. The molecule has 33 heavy (non-hydrogen) atoms. The van der Waals surface area contributed by atoms with Gasteiger partial charge in [0.05, 0.1) is 5.69 Å². The second kappa shape index (κ2) is 9.62. The van der Waals surface area contributed by atoms with Crippen molar-refractivity contribution in [1.82, 2.24) is 30.0 Å². The number of aromatic nitrogens is 5. The molecule has 2 aromatic carbocycles. The van der Waals surface area contributed by atoms with Crippen molar-refractivity contribution >= 4 is 29.9 Å². The Labute approximate surface area is 193 Å². The monoisotopic (exact) mass is 438 g/mol. The molecule has 1 saturated heterocycles. The summed E-state index contributed by atoms with van der Waals surface area (Å²) in [7, 11) is 2.13. The molecule has 0 bridgehead atoms. The lowest BCUT2D eigenvalue weighted by Gasteiger charge is -2.32. The van der Waals surface area contributed by atoms with Crippen molar-refractivity contribution in [2.75, 3.05) is 43.4 Å². The summed E-state index contributed by atoms with van der Waals surface area (Å²) in [6.07, 6.45) is 3.93. The summed E-state index contributed by atoms with van der Waals surface area (Å²) >= 11 is 0. The van der Waals surface area contributed by atoms with Crippen LogP contribution < -0.4 is 10.2 Å². The smallest absolute Gasteiger partial charge is 0.233 e. The molecule has 0 amide bonds. The van der Waals surface area contributed by atoms with E-state index in [0.29, 0.717) is 23.5 Å². The van der Waals surface area contributed by atoms with Crippen molar-refractivity contribution in [2.45, 2.75) is 0 Å². The second-order valence-corrected chi connectivity index (χ2v) is 8.01. The largest absolute Gasteiger partial charge is 0.338 e. The lowest BCUT2D eigenvalue weighted by atomic mass is 10.2. The van der Waals surface area contributed by atoms with Crippen molar-refractivity contribution in [1.29, 1.82) is 0 Å². The fourth-order valence-electron chi connectivity index (χ4n) is 3.66. The van der Waals surface area contributed by atoms with Gasteiger partial charge in [0.2, 0.25) is 11.9 Å². The third-order valence-electron chi connectivity index (χ3n) is 5.55. The van der Waals surface area contributed by atoms with Gasteiger partial charge in [-0.1, -0.05) is 66.7 Å². The summed E-state index contributed by atoms with van der Waals surface area (Å²) in [6, 6.07) is 22.2. The molecule has 5 rings (SSSR count). The number of benzene rings is 2. The van der Waals surface area contributed by atoms with E-state index in [9.17, 15) is 0 Å². The highest BCUT2D eigenvalue weighted by Gasteiger charge is 2.18. The summed E-state index contributed by atoms with van der Waals surface area (Å²) in [5, 5.41) is 10.7. The zero-order chi connectivity index (χ0) is 22.5. The molecule has 0 atom stereocenters. The van der Waals surface area contributed by atoms with Gasteiger partial charge in [-0.15, -0.1) is 0 Å². The fraction of sp³-hybridized carbons (Fsp3) is 0.200. The van der Waals surface area contributed by atoms with Crippen LogP contribution in [0.5, 0.6) is 0 Å². The number of nitrogens with zero attached hydrogens (tertiary/aromatic N) is 6. The van der Waals surface area contributed by atoms with Crippen LogP contribution in [0.3, 0.4) is 0 Å². The molecular formula is C25H26N8. The Morgan fingerprint density at radius 1 is 0.848 bits per heavy atom. The fourth-order valence-corrected chi connectivity index (χ4v) is 3.66. The predicted octanol–water partition coefficient (Wildman–Crippen LogP) is 3.93. The van der Waals surface area contributed by atoms with Gasteiger partial charge < -0.3 is 15.1 Å². The number of hydrogen-bond acceptors (Lipinski definition) is 7. The van der Waals surface area contributed by atoms with Gasteiger partial charge in [-0.25, -0.2) is 0 Å². The average Bonchev–Trinajstić information content (AvgIpc) is 3.33. The molecule has 8 heteroatoms. The third-order valence-corrected chi connectivity index (χ3v) is 5.55. The Morgan fingerprint density at radius 2 is 1.58 bits per heavy atom. The van der Waals surface area contributed by atoms with Crippen LogP contribution in [0.2, 0.25) is 0 Å². The van der Waals surface area contributed by atoms with Crippen molar-refractivity contribution in [3.63, 3.8) is 0 Å². The van der Waals surface area contributed by atoms with Crippen LogP contribution in [-0.2, 0) is 0 Å². The summed E-state index contributed by atoms with van der Waals surface area (Å²) in [5.74, 6) is 2.40. The van der Waals surface area contributed by atoms with E-state index in [1.807, 2.05) is 78.9 Å². The normalized spacial score (nSPS) is 14.6. The maximum Gasteiger partial charge on any atom is 0.233 e. The predicted molar refractivity (Wildman–Crippen MR) is 132 cm³/mol. The molecule has 0 saturated carbocycles. The van der Waals surface area contributed by atoms with Crippen LogP contribution in [0.1, 0.15) is 11.4 Å². The van der Waals surface area contributed by atoms with E-state index in [-0.39, 0.29) is 0 Å². The summed E-state index contributed by atoms with van der Waals surface area (Å²) < 4.78 is 0. The summed E-state index contributed by atoms with van der Waals surface area (Å²) in [5.41, 5.74) is 3.09. The van der Waals surface area contributed by atoms with Gasteiger partial charge in [-0.3, -0.25) is 5.10 Å². The molecule has 0 unspecified atom stereocenters. The molecule has 8 nitrogen and oxygen atoms in total. The van der Waals surface area contributed by atoms with E-state index in [1.165, 1.54) is 0 Å². The Morgan fingerprint density at radius 3 is 2.33 bits per heavy atom. The average molecular weight is 439 g/mol. The standard InChI is InChI=1S/C25H26N8/c1-32-14-16-33(17-15-32)25-28-22(13-12-19-8-4-2-5-9-19)26-24(29-25)27-23-18-21(30-31-23)20-10-6-3-7-11-20/h2-13,18H,14-17H2,1H3,(H2,26,27,28,29,30,31)/b13-12+. The SMILES string of the molecule is CN1CCN(c2nc(/C=C/c3ccccc3)nc(Nc3cc(-c4ccccc4)[nH]n3)n2)CC1. The van der Waals surface area contributed by atoms with Crippen molar-refractivity contribution in [3.8, 4) is 11.3 Å². The van der Waals surface area contributed by atoms with Gasteiger partial charge >= 0.3 is 0 Å². The van der Waals surface area contributed by atoms with Gasteiger partial charge in [0, 0.05) is 32.2 Å². The molecular weight excluding hydrogens is 412 g/mol. The van der Waals surface area contributed by atoms with Crippen LogP contribution in [0.4, 0.5) is 17.7 Å². The molecule has 4 aromatic rings. The minimum atomic E-state index is 0.470. The van der Waals surface area contributed by atoms with E-state index in [4.69, 9.17) is 9.97 Å². The van der Waals surface area contributed by atoms with E-state index < -0.39 is 0 Å². The molecule has 1 aliphatic heterocycles. The molecule has 2 N–H and O–H groups in total. The van der Waals surface area contributed by atoms with Gasteiger partial charge in [-0.05, 0) is 24.3 Å². The highest BCUT2D eigenvalue weighted by Crippen LogP contribution is 2.22. The molecule has 0 radical (unpaired) electrons. The topological polar surface area (TPSA) is 85.9 Å². The zero-order valence-electron chi connectivity index (χ0n) is 18.5. The Kier molecular flexibility index (Phi) is 6.08. The van der Waals surface area contributed by atoms with Gasteiger partial charge in [0.25, 0.3) is 0 Å². The molecule has 0 spiro atoms. The van der Waals surface area contributed by atoms with Gasteiger partial charge in [0.1, 0.15) is 0 Å². The summed E-state index contributed by atoms with van der Waals surface area (Å²) in [6.45, 7) is 3.71. The highest BCUT2D eigenvalue weighted by molar-refractivity contribution is 5.68. The number of aromatic amines is 1. The van der Waals surface area contributed by atoms with Crippen LogP contribution >= 0.6 is 0 Å². The maximum absolute atomic E-state index is 4.72. The quantitative estimate of drug-likeness (QED) is 0.472. The number of likely N-dealkylation sites (N-methyl/N-ethyl adjacent to an activating group) is 1. The van der Waals surface area contributed by atoms with Crippen LogP contribution in [-0.4, -0.2) is 63.3 Å². The molecule has 1 aliphatic rings. The lowest BCUT2D eigenvalue weighted by Crippen LogP contribution is -2.45. The molecule has 1 fully saturated rings. The van der Waals surface area contributed by atoms with E-state index in [1.54, 1.807) is 0 Å². The number of rotatable bonds is 6. The van der Waals surface area contributed by atoms with E-state index >= 15 is 0 Å². The molecule has 0 aliphatic carbocycles. The number of piperazine rings is 1. The third kappa shape index (κ3) is 5.24. The zero-order valence-corrected chi connectivity index (χ0v) is 18.5. The first-order valence-electron chi connectivity index (χ1n) is 11.0. The van der Waals surface area contributed by atoms with Gasteiger partial charge in [0.15, 0.2) is 11.6 Å². The van der Waals surface area contributed by atoms with Crippen molar-refractivity contribution in [3.05, 3.63) is 78.1 Å². The highest BCUT2D eigenvalue weighted by atomic mass is 15.3. The Bertz CT molecular complexity index is 1210. The Hall–Kier alpha value is -4.04. The van der Waals surface area contributed by atoms with Crippen LogP contribution in [0, 0.1) is 0 Å². The van der Waals surface area contributed by atoms with Crippen molar-refractivity contribution in [2.24, 2.45) is 0 Å². The van der Waals surface area contributed by atoms with Crippen LogP contribution in [0.15, 0.2) is 66.7 Å². The minimum Gasteiger partial charge on any atom is -0.338 e. The van der Waals surface area contributed by atoms with E-state index in [0.717, 1.165) is 43.0 Å². The van der Waals surface area contributed by atoms with Gasteiger partial charge in [-0.2, -0.15) is 20.1 Å². The minimum absolute atomic E-state index is 0.470. The molecule has 2 aromatic heterocycles. The first-order valence-corrected chi connectivity index (χ1v) is 11.0. The second-order valence-electron chi connectivity index (χ2n) is 8.01. The van der Waals surface area contributed by atoms with Crippen LogP contribution in [0.25, 0.3) is 23.4 Å². The molecule has 3 heterocycles. The first kappa shape index (κ1) is 20.8. The summed E-state index contributed by atoms with van der Waals surface area (Å²) in [4.78, 5) is 18.6. The number of anilines is 3. The van der Waals surface area contributed by atoms with Crippen molar-refractivity contribution < 1.29 is 0 Å². The maximum atomic E-state index is 4.72. The Balaban J connectivity index is 1.42. The number of nitrogens with one attached hydrogen (secondary N) is 2.